The zero-order valence-electron chi connectivity index (χ0n) is 15.1. The smallest absolute Gasteiger partial charge is 0.416 e. The summed E-state index contributed by atoms with van der Waals surface area (Å²) in [4.78, 5) is 12.5. The number of para-hydroxylation sites is 1. The molecule has 0 saturated carbocycles. The zero-order chi connectivity index (χ0) is 20.9. The van der Waals surface area contributed by atoms with E-state index in [0.29, 0.717) is 10.9 Å². The second-order valence-corrected chi connectivity index (χ2v) is 6.60. The summed E-state index contributed by atoms with van der Waals surface area (Å²) in [6, 6.07) is 13.6. The first-order chi connectivity index (χ1) is 13.8. The van der Waals surface area contributed by atoms with Gasteiger partial charge in [-0.3, -0.25) is 9.36 Å². The van der Waals surface area contributed by atoms with Gasteiger partial charge in [0.1, 0.15) is 11.6 Å². The predicted octanol–water partition coefficient (Wildman–Crippen LogP) is 4.54. The van der Waals surface area contributed by atoms with Crippen molar-refractivity contribution in [2.45, 2.75) is 19.0 Å². The van der Waals surface area contributed by atoms with Crippen molar-refractivity contribution in [2.24, 2.45) is 5.73 Å². The lowest BCUT2D eigenvalue weighted by atomic mass is 9.84. The fourth-order valence-corrected chi connectivity index (χ4v) is 3.81. The minimum absolute atomic E-state index is 0.154. The van der Waals surface area contributed by atoms with Gasteiger partial charge in [-0.1, -0.05) is 30.3 Å². The van der Waals surface area contributed by atoms with E-state index < -0.39 is 23.6 Å². The molecule has 5 nitrogen and oxygen atoms in total. The minimum atomic E-state index is -4.66. The molecule has 2 N–H and O–H groups in total. The van der Waals surface area contributed by atoms with E-state index in [1.54, 1.807) is 24.3 Å². The highest BCUT2D eigenvalue weighted by molar-refractivity contribution is 5.98. The fraction of sp³-hybridized carbons (Fsp3) is 0.143. The van der Waals surface area contributed by atoms with Crippen molar-refractivity contribution in [2.75, 3.05) is 0 Å². The molecule has 0 saturated heterocycles. The fourth-order valence-electron chi connectivity index (χ4n) is 3.81. The molecule has 146 valence electrons. The number of ether oxygens (including phenoxy) is 1. The van der Waals surface area contributed by atoms with Crippen LogP contribution in [-0.2, 0) is 6.18 Å². The van der Waals surface area contributed by atoms with Crippen LogP contribution in [0, 0.1) is 11.3 Å². The Hall–Kier alpha value is -3.73. The molecule has 1 aromatic heterocycles. The van der Waals surface area contributed by atoms with Crippen LogP contribution in [0.15, 0.2) is 60.0 Å². The van der Waals surface area contributed by atoms with E-state index >= 15 is 0 Å². The van der Waals surface area contributed by atoms with Crippen molar-refractivity contribution < 1.29 is 22.7 Å². The number of carbonyl (C=O) groups excluding carboxylic acids is 1. The van der Waals surface area contributed by atoms with Gasteiger partial charge in [-0.05, 0) is 23.8 Å². The third-order valence-electron chi connectivity index (χ3n) is 4.92. The van der Waals surface area contributed by atoms with Crippen LogP contribution in [0.25, 0.3) is 10.9 Å². The van der Waals surface area contributed by atoms with Crippen LogP contribution in [0.1, 0.15) is 34.5 Å². The average Bonchev–Trinajstić information content (AvgIpc) is 3.00. The summed E-state index contributed by atoms with van der Waals surface area (Å²) in [5.74, 6) is -1.74. The molecule has 0 spiro atoms. The van der Waals surface area contributed by atoms with Crippen molar-refractivity contribution in [1.29, 1.82) is 5.26 Å². The molecule has 0 bridgehead atoms. The van der Waals surface area contributed by atoms with Gasteiger partial charge in [0.2, 0.25) is 11.8 Å². The number of hydrogen-bond donors (Lipinski definition) is 1. The monoisotopic (exact) mass is 397 g/mol. The Bertz CT molecular complexity index is 1230. The molecule has 0 fully saturated rings. The van der Waals surface area contributed by atoms with Crippen LogP contribution in [0.5, 0.6) is 5.75 Å². The first-order valence-corrected chi connectivity index (χ1v) is 8.63. The maximum Gasteiger partial charge on any atom is 0.416 e. The first-order valence-electron chi connectivity index (χ1n) is 8.63. The molecule has 4 rings (SSSR count). The lowest BCUT2D eigenvalue weighted by Gasteiger charge is -2.27. The van der Waals surface area contributed by atoms with Crippen LogP contribution < -0.4 is 10.5 Å². The number of nitriles is 1. The maximum atomic E-state index is 13.7. The summed E-state index contributed by atoms with van der Waals surface area (Å²) in [6.07, 6.45) is -4.66. The van der Waals surface area contributed by atoms with Gasteiger partial charge in [0, 0.05) is 12.3 Å². The van der Waals surface area contributed by atoms with E-state index in [1.807, 2.05) is 6.07 Å². The van der Waals surface area contributed by atoms with Crippen molar-refractivity contribution >= 4 is 16.8 Å². The molecule has 0 aliphatic carbocycles. The largest absolute Gasteiger partial charge is 0.438 e. The molecule has 8 heteroatoms. The number of rotatable bonds is 1. The summed E-state index contributed by atoms with van der Waals surface area (Å²) in [5, 5.41) is 10.2. The maximum absolute atomic E-state index is 13.7. The number of carbonyl (C=O) groups is 1. The molecule has 2 aromatic carbocycles. The Labute approximate surface area is 163 Å². The number of hydrogen-bond acceptors (Lipinski definition) is 4. The number of alkyl halides is 3. The van der Waals surface area contributed by atoms with Gasteiger partial charge in [0.05, 0.1) is 22.7 Å². The van der Waals surface area contributed by atoms with Crippen molar-refractivity contribution in [1.82, 2.24) is 4.57 Å². The first kappa shape index (κ1) is 18.6. The number of allylic oxidation sites excluding steroid dienone is 1. The second-order valence-electron chi connectivity index (χ2n) is 6.60. The van der Waals surface area contributed by atoms with Gasteiger partial charge in [-0.2, -0.15) is 18.4 Å². The van der Waals surface area contributed by atoms with Crippen LogP contribution >= 0.6 is 0 Å². The Balaban J connectivity index is 2.15. The summed E-state index contributed by atoms with van der Waals surface area (Å²) >= 11 is 0. The van der Waals surface area contributed by atoms with Gasteiger partial charge in [0.25, 0.3) is 0 Å². The van der Waals surface area contributed by atoms with Gasteiger partial charge < -0.3 is 10.5 Å². The summed E-state index contributed by atoms with van der Waals surface area (Å²) in [7, 11) is 0. The zero-order valence-corrected chi connectivity index (χ0v) is 15.1. The number of nitrogens with two attached hydrogens (primary N) is 1. The molecule has 29 heavy (non-hydrogen) atoms. The molecule has 0 amide bonds. The standard InChI is InChI=1S/C21H14F3N3O2/c1-11(28)27-16-9-5-3-7-13(16)19-18(27)17(14(10-25)20(26)29-19)12-6-2-4-8-15(12)21(22,23)24/h2-9,17H,26H2,1H3/t17-/m1/s1. The normalized spacial score (nSPS) is 16.3. The lowest BCUT2D eigenvalue weighted by Crippen LogP contribution is -2.25. The van der Waals surface area contributed by atoms with E-state index in [4.69, 9.17) is 10.5 Å². The third kappa shape index (κ3) is 2.74. The lowest BCUT2D eigenvalue weighted by molar-refractivity contribution is -0.138. The van der Waals surface area contributed by atoms with Gasteiger partial charge in [-0.25, -0.2) is 0 Å². The number of fused-ring (bicyclic) bond motifs is 3. The molecule has 0 unspecified atom stereocenters. The molecular formula is C21H14F3N3O2. The molecule has 0 radical (unpaired) electrons. The number of benzene rings is 2. The Morgan fingerprint density at radius 2 is 1.83 bits per heavy atom. The highest BCUT2D eigenvalue weighted by Crippen LogP contribution is 2.49. The van der Waals surface area contributed by atoms with Gasteiger partial charge in [0.15, 0.2) is 5.75 Å². The van der Waals surface area contributed by atoms with E-state index in [2.05, 4.69) is 0 Å². The van der Waals surface area contributed by atoms with Crippen molar-refractivity contribution in [3.8, 4) is 11.8 Å². The third-order valence-corrected chi connectivity index (χ3v) is 4.92. The van der Waals surface area contributed by atoms with Crippen LogP contribution in [0.2, 0.25) is 0 Å². The quantitative estimate of drug-likeness (QED) is 0.654. The number of halogens is 3. The Morgan fingerprint density at radius 1 is 1.17 bits per heavy atom. The van der Waals surface area contributed by atoms with E-state index in [1.165, 1.54) is 29.7 Å². The summed E-state index contributed by atoms with van der Waals surface area (Å²) in [6.45, 7) is 1.30. The molecular weight excluding hydrogens is 383 g/mol. The van der Waals surface area contributed by atoms with E-state index in [-0.39, 0.29) is 28.5 Å². The van der Waals surface area contributed by atoms with Gasteiger partial charge >= 0.3 is 6.18 Å². The van der Waals surface area contributed by atoms with E-state index in [0.717, 1.165) is 6.07 Å². The molecule has 3 aromatic rings. The average molecular weight is 397 g/mol. The van der Waals surface area contributed by atoms with Gasteiger partial charge in [-0.15, -0.1) is 0 Å². The number of nitrogens with zero attached hydrogens (tertiary/aromatic N) is 2. The molecule has 2 heterocycles. The Morgan fingerprint density at radius 3 is 2.48 bits per heavy atom. The summed E-state index contributed by atoms with van der Waals surface area (Å²) < 4.78 is 48.1. The van der Waals surface area contributed by atoms with Crippen LogP contribution in [-0.4, -0.2) is 10.5 Å². The minimum Gasteiger partial charge on any atom is -0.438 e. The highest BCUT2D eigenvalue weighted by atomic mass is 19.4. The van der Waals surface area contributed by atoms with Crippen molar-refractivity contribution in [3.05, 3.63) is 76.8 Å². The molecule has 1 aliphatic heterocycles. The van der Waals surface area contributed by atoms with Crippen LogP contribution in [0.4, 0.5) is 13.2 Å². The molecule has 1 atom stereocenters. The topological polar surface area (TPSA) is 81.0 Å². The SMILES string of the molecule is CC(=O)n1c2c(c3ccccc31)OC(N)=C(C#N)[C@H]2c1ccccc1C(F)(F)F. The number of aromatic nitrogens is 1. The Kier molecular flexibility index (Phi) is 4.12. The van der Waals surface area contributed by atoms with E-state index in [9.17, 15) is 23.2 Å². The second kappa shape index (κ2) is 6.41. The predicted molar refractivity (Wildman–Crippen MR) is 99.0 cm³/mol. The van der Waals surface area contributed by atoms with Crippen LogP contribution in [0.3, 0.4) is 0 Å². The highest BCUT2D eigenvalue weighted by Gasteiger charge is 2.42. The molecule has 1 aliphatic rings. The summed E-state index contributed by atoms with van der Waals surface area (Å²) in [5.41, 5.74) is 5.29. The van der Waals surface area contributed by atoms with Crippen molar-refractivity contribution in [3.63, 3.8) is 0 Å².